The van der Waals surface area contributed by atoms with Crippen LogP contribution in [0.5, 0.6) is 5.75 Å². The van der Waals surface area contributed by atoms with Crippen LogP contribution in [-0.4, -0.2) is 25.1 Å². The van der Waals surface area contributed by atoms with Gasteiger partial charge in [-0.15, -0.1) is 0 Å². The van der Waals surface area contributed by atoms with Gasteiger partial charge in [-0.25, -0.2) is 0 Å². The average Bonchev–Trinajstić information content (AvgIpc) is 3.24. The number of hydrogen-bond acceptors (Lipinski definition) is 3. The molecular formula is C17H26N2O2. The molecule has 0 aromatic heterocycles. The lowest BCUT2D eigenvalue weighted by atomic mass is 10.1. The van der Waals surface area contributed by atoms with Crippen LogP contribution in [0.25, 0.3) is 0 Å². The van der Waals surface area contributed by atoms with Gasteiger partial charge in [0.1, 0.15) is 5.75 Å². The minimum atomic E-state index is 0.0890. The Morgan fingerprint density at radius 2 is 2.00 bits per heavy atom. The number of carbonyl (C=O) groups excluding carboxylic acids is 1. The highest BCUT2D eigenvalue weighted by atomic mass is 16.5. The first-order valence-corrected chi connectivity index (χ1v) is 7.85. The van der Waals surface area contributed by atoms with Gasteiger partial charge in [-0.2, -0.15) is 0 Å². The standard InChI is InChI=1S/C17H26N2O2/c1-13(2)9-10-21-16-7-3-14(4-8-16)11-18-12-17(20)19-15-5-6-15/h3-4,7-8,13,15,18H,5-6,9-12H2,1-2H3,(H,19,20). The molecule has 21 heavy (non-hydrogen) atoms. The summed E-state index contributed by atoms with van der Waals surface area (Å²) < 4.78 is 5.68. The van der Waals surface area contributed by atoms with Gasteiger partial charge in [-0.05, 0) is 42.9 Å². The molecule has 1 fully saturated rings. The van der Waals surface area contributed by atoms with Crippen molar-refractivity contribution in [3.05, 3.63) is 29.8 Å². The van der Waals surface area contributed by atoms with E-state index < -0.39 is 0 Å². The molecule has 116 valence electrons. The predicted octanol–water partition coefficient (Wildman–Crippen LogP) is 2.48. The fourth-order valence-electron chi connectivity index (χ4n) is 1.94. The molecular weight excluding hydrogens is 264 g/mol. The fraction of sp³-hybridized carbons (Fsp3) is 0.588. The summed E-state index contributed by atoms with van der Waals surface area (Å²) in [5.41, 5.74) is 1.16. The molecule has 0 bridgehead atoms. The topological polar surface area (TPSA) is 50.4 Å². The number of amides is 1. The molecule has 0 radical (unpaired) electrons. The Morgan fingerprint density at radius 3 is 2.62 bits per heavy atom. The van der Waals surface area contributed by atoms with Crippen LogP contribution < -0.4 is 15.4 Å². The molecule has 1 aromatic carbocycles. The quantitative estimate of drug-likeness (QED) is 0.734. The Balaban J connectivity index is 1.63. The largest absolute Gasteiger partial charge is 0.494 e. The number of nitrogens with one attached hydrogen (secondary N) is 2. The third-order valence-electron chi connectivity index (χ3n) is 3.44. The second kappa shape index (κ2) is 8.03. The van der Waals surface area contributed by atoms with E-state index in [1.54, 1.807) is 0 Å². The zero-order valence-corrected chi connectivity index (χ0v) is 13.0. The van der Waals surface area contributed by atoms with Crippen molar-refractivity contribution in [3.8, 4) is 5.75 Å². The van der Waals surface area contributed by atoms with Gasteiger partial charge in [0.15, 0.2) is 0 Å². The number of benzene rings is 1. The van der Waals surface area contributed by atoms with E-state index in [-0.39, 0.29) is 5.91 Å². The molecule has 1 amide bonds. The summed E-state index contributed by atoms with van der Waals surface area (Å²) in [5, 5.41) is 6.12. The highest BCUT2D eigenvalue weighted by molar-refractivity contribution is 5.78. The SMILES string of the molecule is CC(C)CCOc1ccc(CNCC(=O)NC2CC2)cc1. The third kappa shape index (κ3) is 6.63. The van der Waals surface area contributed by atoms with Gasteiger partial charge in [0.2, 0.25) is 5.91 Å². The first-order chi connectivity index (χ1) is 10.1. The van der Waals surface area contributed by atoms with Crippen LogP contribution in [0, 0.1) is 5.92 Å². The maximum atomic E-state index is 11.5. The molecule has 0 aliphatic heterocycles. The molecule has 0 heterocycles. The lowest BCUT2D eigenvalue weighted by molar-refractivity contribution is -0.120. The van der Waals surface area contributed by atoms with Gasteiger partial charge in [0.05, 0.1) is 13.2 Å². The molecule has 1 saturated carbocycles. The van der Waals surface area contributed by atoms with Crippen LogP contribution in [0.4, 0.5) is 0 Å². The molecule has 1 aromatic rings. The number of rotatable bonds is 9. The second-order valence-electron chi connectivity index (χ2n) is 6.12. The molecule has 0 spiro atoms. The summed E-state index contributed by atoms with van der Waals surface area (Å²) in [6, 6.07) is 8.48. The molecule has 0 unspecified atom stereocenters. The fourth-order valence-corrected chi connectivity index (χ4v) is 1.94. The molecule has 1 aliphatic rings. The van der Waals surface area contributed by atoms with Crippen molar-refractivity contribution >= 4 is 5.91 Å². The van der Waals surface area contributed by atoms with Gasteiger partial charge in [-0.1, -0.05) is 26.0 Å². The van der Waals surface area contributed by atoms with Crippen molar-refractivity contribution in [1.82, 2.24) is 10.6 Å². The summed E-state index contributed by atoms with van der Waals surface area (Å²) in [7, 11) is 0. The lowest BCUT2D eigenvalue weighted by Crippen LogP contribution is -2.34. The lowest BCUT2D eigenvalue weighted by Gasteiger charge is -2.09. The molecule has 4 nitrogen and oxygen atoms in total. The molecule has 1 aliphatic carbocycles. The molecule has 2 rings (SSSR count). The van der Waals surface area contributed by atoms with Crippen LogP contribution in [0.15, 0.2) is 24.3 Å². The Labute approximate surface area is 127 Å². The van der Waals surface area contributed by atoms with Crippen molar-refractivity contribution in [2.24, 2.45) is 5.92 Å². The van der Waals surface area contributed by atoms with E-state index in [9.17, 15) is 4.79 Å². The van der Waals surface area contributed by atoms with Gasteiger partial charge in [-0.3, -0.25) is 4.79 Å². The van der Waals surface area contributed by atoms with Gasteiger partial charge in [0, 0.05) is 12.6 Å². The molecule has 4 heteroatoms. The van der Waals surface area contributed by atoms with Gasteiger partial charge >= 0.3 is 0 Å². The monoisotopic (exact) mass is 290 g/mol. The van der Waals surface area contributed by atoms with E-state index in [4.69, 9.17) is 4.74 Å². The van der Waals surface area contributed by atoms with Crippen molar-refractivity contribution in [3.63, 3.8) is 0 Å². The summed E-state index contributed by atoms with van der Waals surface area (Å²) >= 11 is 0. The Kier molecular flexibility index (Phi) is 6.05. The van der Waals surface area contributed by atoms with Crippen LogP contribution in [0.3, 0.4) is 0 Å². The van der Waals surface area contributed by atoms with Gasteiger partial charge < -0.3 is 15.4 Å². The van der Waals surface area contributed by atoms with E-state index in [1.807, 2.05) is 24.3 Å². The minimum absolute atomic E-state index is 0.0890. The van der Waals surface area contributed by atoms with E-state index in [0.717, 1.165) is 37.2 Å². The molecule has 0 atom stereocenters. The van der Waals surface area contributed by atoms with Crippen LogP contribution in [0.1, 0.15) is 38.7 Å². The summed E-state index contributed by atoms with van der Waals surface area (Å²) in [6.07, 6.45) is 3.33. The minimum Gasteiger partial charge on any atom is -0.494 e. The summed E-state index contributed by atoms with van der Waals surface area (Å²) in [5.74, 6) is 1.66. The predicted molar refractivity (Wildman–Crippen MR) is 84.3 cm³/mol. The van der Waals surface area contributed by atoms with E-state index in [0.29, 0.717) is 25.0 Å². The molecule has 2 N–H and O–H groups in total. The smallest absolute Gasteiger partial charge is 0.234 e. The average molecular weight is 290 g/mol. The zero-order valence-electron chi connectivity index (χ0n) is 13.0. The van der Waals surface area contributed by atoms with Crippen LogP contribution >= 0.6 is 0 Å². The zero-order chi connectivity index (χ0) is 15.1. The summed E-state index contributed by atoms with van der Waals surface area (Å²) in [6.45, 7) is 6.22. The van der Waals surface area contributed by atoms with Crippen LogP contribution in [0.2, 0.25) is 0 Å². The Morgan fingerprint density at radius 1 is 1.29 bits per heavy atom. The van der Waals surface area contributed by atoms with Crippen molar-refractivity contribution in [2.75, 3.05) is 13.2 Å². The van der Waals surface area contributed by atoms with Crippen LogP contribution in [-0.2, 0) is 11.3 Å². The normalized spacial score (nSPS) is 14.2. The van der Waals surface area contributed by atoms with Crippen molar-refractivity contribution in [1.29, 1.82) is 0 Å². The summed E-state index contributed by atoms with van der Waals surface area (Å²) in [4.78, 5) is 11.5. The van der Waals surface area contributed by atoms with Crippen molar-refractivity contribution in [2.45, 2.75) is 45.7 Å². The Bertz CT molecular complexity index is 439. The maximum absolute atomic E-state index is 11.5. The van der Waals surface area contributed by atoms with E-state index in [2.05, 4.69) is 24.5 Å². The van der Waals surface area contributed by atoms with Gasteiger partial charge in [0.25, 0.3) is 0 Å². The number of ether oxygens (including phenoxy) is 1. The van der Waals surface area contributed by atoms with E-state index >= 15 is 0 Å². The Hall–Kier alpha value is -1.55. The first-order valence-electron chi connectivity index (χ1n) is 7.85. The second-order valence-corrected chi connectivity index (χ2v) is 6.12. The van der Waals surface area contributed by atoms with Crippen molar-refractivity contribution < 1.29 is 9.53 Å². The highest BCUT2D eigenvalue weighted by Gasteiger charge is 2.22. The number of hydrogen-bond donors (Lipinski definition) is 2. The third-order valence-corrected chi connectivity index (χ3v) is 3.44. The van der Waals surface area contributed by atoms with E-state index in [1.165, 1.54) is 0 Å². The highest BCUT2D eigenvalue weighted by Crippen LogP contribution is 2.18. The first kappa shape index (κ1) is 15.8. The number of carbonyl (C=O) groups is 1. The maximum Gasteiger partial charge on any atom is 0.234 e. The molecule has 0 saturated heterocycles.